The van der Waals surface area contributed by atoms with Crippen molar-refractivity contribution in [3.8, 4) is 0 Å². The Morgan fingerprint density at radius 2 is 1.88 bits per heavy atom. The fraction of sp³-hybridized carbons (Fsp3) is 0.312. The van der Waals surface area contributed by atoms with Gasteiger partial charge in [-0.25, -0.2) is 14.6 Å². The predicted octanol–water partition coefficient (Wildman–Crippen LogP) is 2.03. The third-order valence-corrected chi connectivity index (χ3v) is 4.96. The molecule has 1 aliphatic heterocycles. The fourth-order valence-electron chi connectivity index (χ4n) is 3.03. The van der Waals surface area contributed by atoms with Gasteiger partial charge in [0.05, 0.1) is 10.6 Å². The summed E-state index contributed by atoms with van der Waals surface area (Å²) in [5, 5.41) is 9.04. The Morgan fingerprint density at radius 3 is 2.65 bits per heavy atom. The van der Waals surface area contributed by atoms with Crippen molar-refractivity contribution in [1.82, 2.24) is 29.9 Å². The number of aryl methyl sites for hydroxylation is 1. The molecule has 0 spiro atoms. The van der Waals surface area contributed by atoms with Crippen LogP contribution in [0.25, 0.3) is 11.2 Å². The summed E-state index contributed by atoms with van der Waals surface area (Å²) in [5.41, 5.74) is 1.76. The minimum absolute atomic E-state index is 0.121. The average molecular weight is 392 g/mol. The molecular formula is C16H15Cl2N7O. The van der Waals surface area contributed by atoms with Crippen LogP contribution in [0.15, 0.2) is 24.5 Å². The van der Waals surface area contributed by atoms with E-state index in [1.165, 1.54) is 6.33 Å². The Bertz CT molecular complexity index is 982. The van der Waals surface area contributed by atoms with Crippen molar-refractivity contribution in [2.75, 3.05) is 31.1 Å². The van der Waals surface area contributed by atoms with E-state index in [0.717, 1.165) is 5.82 Å². The third kappa shape index (κ3) is 2.95. The number of rotatable bonds is 2. The van der Waals surface area contributed by atoms with Gasteiger partial charge in [0.2, 0.25) is 0 Å². The highest BCUT2D eigenvalue weighted by Gasteiger charge is 2.26. The summed E-state index contributed by atoms with van der Waals surface area (Å²) < 4.78 is 1.61. The van der Waals surface area contributed by atoms with Gasteiger partial charge in [0.15, 0.2) is 17.0 Å². The number of piperazine rings is 1. The number of hydrogen-bond acceptors (Lipinski definition) is 6. The van der Waals surface area contributed by atoms with Crippen molar-refractivity contribution < 1.29 is 4.79 Å². The normalized spacial score (nSPS) is 14.9. The van der Waals surface area contributed by atoms with Crippen LogP contribution >= 0.6 is 23.2 Å². The molecule has 3 aromatic rings. The van der Waals surface area contributed by atoms with E-state index < -0.39 is 0 Å². The molecule has 26 heavy (non-hydrogen) atoms. The van der Waals surface area contributed by atoms with Crippen molar-refractivity contribution in [3.05, 3.63) is 40.1 Å². The number of aromatic nitrogens is 5. The van der Waals surface area contributed by atoms with E-state index in [4.69, 9.17) is 23.2 Å². The number of halogens is 2. The van der Waals surface area contributed by atoms with Crippen LogP contribution < -0.4 is 4.90 Å². The second-order valence-electron chi connectivity index (χ2n) is 5.99. The minimum Gasteiger partial charge on any atom is -0.351 e. The number of amides is 1. The van der Waals surface area contributed by atoms with Crippen LogP contribution in [0.5, 0.6) is 0 Å². The largest absolute Gasteiger partial charge is 0.351 e. The van der Waals surface area contributed by atoms with E-state index in [0.29, 0.717) is 53.0 Å². The van der Waals surface area contributed by atoms with Crippen LogP contribution in [0.2, 0.25) is 10.0 Å². The Balaban J connectivity index is 1.52. The summed E-state index contributed by atoms with van der Waals surface area (Å²) >= 11 is 12.1. The van der Waals surface area contributed by atoms with Crippen LogP contribution in [0, 0.1) is 0 Å². The van der Waals surface area contributed by atoms with Crippen molar-refractivity contribution in [2.45, 2.75) is 0 Å². The molecule has 0 unspecified atom stereocenters. The fourth-order valence-corrected chi connectivity index (χ4v) is 3.40. The van der Waals surface area contributed by atoms with Crippen molar-refractivity contribution in [3.63, 3.8) is 0 Å². The molecule has 0 aliphatic carbocycles. The molecule has 0 atom stereocenters. The molecule has 0 radical (unpaired) electrons. The van der Waals surface area contributed by atoms with Crippen LogP contribution in [-0.2, 0) is 7.05 Å². The number of hydrogen-bond donors (Lipinski definition) is 0. The second-order valence-corrected chi connectivity index (χ2v) is 6.83. The van der Waals surface area contributed by atoms with E-state index in [2.05, 4.69) is 25.2 Å². The lowest BCUT2D eigenvalue weighted by atomic mass is 10.1. The SMILES string of the molecule is Cn1nnc2c(N3CCN(C(=O)c4cc(Cl)ccc4Cl)CC3)ncnc21. The summed E-state index contributed by atoms with van der Waals surface area (Å²) in [6, 6.07) is 4.91. The average Bonchev–Trinajstić information content (AvgIpc) is 3.04. The number of nitrogens with zero attached hydrogens (tertiary/aromatic N) is 7. The first kappa shape index (κ1) is 17.0. The van der Waals surface area contributed by atoms with Gasteiger partial charge in [-0.3, -0.25) is 4.79 Å². The van der Waals surface area contributed by atoms with Crippen LogP contribution in [0.1, 0.15) is 10.4 Å². The van der Waals surface area contributed by atoms with E-state index in [-0.39, 0.29) is 5.91 Å². The Hall–Kier alpha value is -2.45. The molecule has 8 nitrogen and oxygen atoms in total. The summed E-state index contributed by atoms with van der Waals surface area (Å²) in [5.74, 6) is 0.612. The first-order valence-corrected chi connectivity index (χ1v) is 8.80. The molecule has 2 aromatic heterocycles. The van der Waals surface area contributed by atoms with Crippen LogP contribution in [0.4, 0.5) is 5.82 Å². The van der Waals surface area contributed by atoms with Crippen molar-refractivity contribution in [2.24, 2.45) is 7.05 Å². The van der Waals surface area contributed by atoms with E-state index in [9.17, 15) is 4.79 Å². The van der Waals surface area contributed by atoms with Gasteiger partial charge in [-0.05, 0) is 18.2 Å². The van der Waals surface area contributed by atoms with E-state index in [1.54, 1.807) is 34.8 Å². The van der Waals surface area contributed by atoms with Gasteiger partial charge in [0, 0.05) is 38.2 Å². The molecule has 10 heteroatoms. The van der Waals surface area contributed by atoms with Crippen molar-refractivity contribution >= 4 is 46.1 Å². The smallest absolute Gasteiger partial charge is 0.255 e. The quantitative estimate of drug-likeness (QED) is 0.664. The summed E-state index contributed by atoms with van der Waals surface area (Å²) in [6.45, 7) is 2.36. The van der Waals surface area contributed by atoms with Gasteiger partial charge in [-0.2, -0.15) is 0 Å². The number of carbonyl (C=O) groups excluding carboxylic acids is 1. The first-order chi connectivity index (χ1) is 12.5. The van der Waals surface area contributed by atoms with Crippen LogP contribution in [0.3, 0.4) is 0 Å². The molecule has 1 amide bonds. The van der Waals surface area contributed by atoms with E-state index in [1.807, 2.05) is 0 Å². The number of carbonyl (C=O) groups is 1. The van der Waals surface area contributed by atoms with Crippen molar-refractivity contribution in [1.29, 1.82) is 0 Å². The first-order valence-electron chi connectivity index (χ1n) is 8.04. The Labute approximate surface area is 159 Å². The maximum atomic E-state index is 12.7. The third-order valence-electron chi connectivity index (χ3n) is 4.39. The lowest BCUT2D eigenvalue weighted by Gasteiger charge is -2.35. The minimum atomic E-state index is -0.121. The van der Waals surface area contributed by atoms with Gasteiger partial charge in [0.1, 0.15) is 6.33 Å². The number of fused-ring (bicyclic) bond motifs is 1. The zero-order chi connectivity index (χ0) is 18.3. The molecule has 134 valence electrons. The molecule has 1 aliphatic rings. The van der Waals surface area contributed by atoms with Crippen LogP contribution in [-0.4, -0.2) is 61.9 Å². The monoisotopic (exact) mass is 391 g/mol. The molecule has 1 fully saturated rings. The van der Waals surface area contributed by atoms with Gasteiger partial charge in [-0.15, -0.1) is 5.10 Å². The van der Waals surface area contributed by atoms with Gasteiger partial charge in [0.25, 0.3) is 5.91 Å². The highest BCUT2D eigenvalue weighted by Crippen LogP contribution is 2.24. The van der Waals surface area contributed by atoms with Gasteiger partial charge in [-0.1, -0.05) is 28.4 Å². The van der Waals surface area contributed by atoms with Gasteiger partial charge >= 0.3 is 0 Å². The summed E-state index contributed by atoms with van der Waals surface area (Å²) in [7, 11) is 1.79. The molecule has 1 aromatic carbocycles. The molecule has 3 heterocycles. The summed E-state index contributed by atoms with van der Waals surface area (Å²) in [4.78, 5) is 25.2. The molecule has 1 saturated heterocycles. The zero-order valence-corrected chi connectivity index (χ0v) is 15.4. The lowest BCUT2D eigenvalue weighted by molar-refractivity contribution is 0.0747. The molecular weight excluding hydrogens is 377 g/mol. The number of benzene rings is 1. The molecule has 0 bridgehead atoms. The zero-order valence-electron chi connectivity index (χ0n) is 13.9. The predicted molar refractivity (Wildman–Crippen MR) is 98.7 cm³/mol. The number of anilines is 1. The molecule has 4 rings (SSSR count). The second kappa shape index (κ2) is 6.69. The van der Waals surface area contributed by atoms with Gasteiger partial charge < -0.3 is 9.80 Å². The molecule has 0 N–H and O–H groups in total. The Morgan fingerprint density at radius 1 is 1.12 bits per heavy atom. The highest BCUT2D eigenvalue weighted by atomic mass is 35.5. The maximum absolute atomic E-state index is 12.7. The maximum Gasteiger partial charge on any atom is 0.255 e. The molecule has 0 saturated carbocycles. The lowest BCUT2D eigenvalue weighted by Crippen LogP contribution is -2.49. The van der Waals surface area contributed by atoms with E-state index >= 15 is 0 Å². The topological polar surface area (TPSA) is 80.0 Å². The Kier molecular flexibility index (Phi) is 4.37. The highest BCUT2D eigenvalue weighted by molar-refractivity contribution is 6.35. The standard InChI is InChI=1S/C16H15Cl2N7O/c1-23-14-13(21-22-23)15(20-9-19-14)24-4-6-25(7-5-24)16(26)11-8-10(17)2-3-12(11)18/h2-3,8-9H,4-7H2,1H3. The summed E-state index contributed by atoms with van der Waals surface area (Å²) in [6.07, 6.45) is 1.50.